The normalized spacial score (nSPS) is 12.1. The number of aliphatic hydroxyl groups is 1. The Labute approximate surface area is 217 Å². The Morgan fingerprint density at radius 3 is 2.46 bits per heavy atom. The van der Waals surface area contributed by atoms with Crippen molar-refractivity contribution in [1.82, 2.24) is 0 Å². The molecule has 0 bridgehead atoms. The highest BCUT2D eigenvalue weighted by molar-refractivity contribution is 6.01. The lowest BCUT2D eigenvalue weighted by molar-refractivity contribution is -0.112. The van der Waals surface area contributed by atoms with Crippen LogP contribution in [0.15, 0.2) is 84.9 Å². The standard InChI is InChI=1S/C29H33N3O5/c1-20-11-13-22(14-12-20)31-28(35)37-27(21-7-6-8-23(19-21)36-18-17-33)29(2,3)16-15-26(34)32-25-10-5-4-9-24(25)30/h4-16,19,27,33H,17-18,30H2,1-3H3,(H,31,35)(H,32,34)/b16-15+/t27-/m1/s1. The van der Waals surface area contributed by atoms with E-state index in [2.05, 4.69) is 10.6 Å². The molecule has 0 heterocycles. The number of aryl methyl sites for hydroxylation is 1. The van der Waals surface area contributed by atoms with Gasteiger partial charge in [0, 0.05) is 11.1 Å². The molecule has 3 aromatic rings. The summed E-state index contributed by atoms with van der Waals surface area (Å²) < 4.78 is 11.5. The van der Waals surface area contributed by atoms with E-state index in [1.807, 2.05) is 39.0 Å². The number of carbonyl (C=O) groups excluding carboxylic acids is 2. The van der Waals surface area contributed by atoms with E-state index in [1.54, 1.807) is 60.7 Å². The van der Waals surface area contributed by atoms with Crippen LogP contribution in [0.5, 0.6) is 5.75 Å². The summed E-state index contributed by atoms with van der Waals surface area (Å²) in [7, 11) is 0. The summed E-state index contributed by atoms with van der Waals surface area (Å²) in [5.41, 5.74) is 8.41. The van der Waals surface area contributed by atoms with E-state index < -0.39 is 17.6 Å². The number of benzene rings is 3. The Morgan fingerprint density at radius 1 is 1.03 bits per heavy atom. The van der Waals surface area contributed by atoms with E-state index in [1.165, 1.54) is 6.08 Å². The minimum Gasteiger partial charge on any atom is -0.491 e. The predicted octanol–water partition coefficient (Wildman–Crippen LogP) is 5.46. The van der Waals surface area contributed by atoms with Crippen molar-refractivity contribution in [2.24, 2.45) is 5.41 Å². The third-order valence-corrected chi connectivity index (χ3v) is 5.60. The molecule has 1 atom stereocenters. The lowest BCUT2D eigenvalue weighted by atomic mass is 9.82. The van der Waals surface area contributed by atoms with E-state index in [0.29, 0.717) is 28.4 Å². The quantitative estimate of drug-likeness (QED) is 0.215. The first kappa shape index (κ1) is 27.3. The number of amides is 2. The van der Waals surface area contributed by atoms with E-state index in [4.69, 9.17) is 20.3 Å². The zero-order valence-corrected chi connectivity index (χ0v) is 21.2. The average Bonchev–Trinajstić information content (AvgIpc) is 2.88. The van der Waals surface area contributed by atoms with Crippen LogP contribution >= 0.6 is 0 Å². The van der Waals surface area contributed by atoms with Gasteiger partial charge in [0.2, 0.25) is 5.91 Å². The van der Waals surface area contributed by atoms with Crippen molar-refractivity contribution in [2.45, 2.75) is 26.9 Å². The summed E-state index contributed by atoms with van der Waals surface area (Å²) in [6.07, 6.45) is 1.67. The van der Waals surface area contributed by atoms with Crippen LogP contribution in [0.4, 0.5) is 21.9 Å². The zero-order chi connectivity index (χ0) is 26.8. The van der Waals surface area contributed by atoms with Crippen LogP contribution in [-0.4, -0.2) is 30.3 Å². The number of nitrogen functional groups attached to an aromatic ring is 1. The molecule has 0 saturated heterocycles. The molecule has 194 valence electrons. The van der Waals surface area contributed by atoms with Crippen molar-refractivity contribution in [3.05, 3.63) is 96.1 Å². The van der Waals surface area contributed by atoms with Gasteiger partial charge in [-0.05, 0) is 55.0 Å². The van der Waals surface area contributed by atoms with Gasteiger partial charge in [0.05, 0.1) is 18.0 Å². The summed E-state index contributed by atoms with van der Waals surface area (Å²) in [4.78, 5) is 25.5. The molecule has 3 rings (SSSR count). The van der Waals surface area contributed by atoms with Crippen molar-refractivity contribution in [2.75, 3.05) is 29.6 Å². The molecule has 0 radical (unpaired) electrons. The van der Waals surface area contributed by atoms with Crippen LogP contribution in [0.2, 0.25) is 0 Å². The number of para-hydroxylation sites is 2. The average molecular weight is 504 g/mol. The third-order valence-electron chi connectivity index (χ3n) is 5.60. The van der Waals surface area contributed by atoms with E-state index in [9.17, 15) is 9.59 Å². The topological polar surface area (TPSA) is 123 Å². The number of aliphatic hydroxyl groups excluding tert-OH is 1. The monoisotopic (exact) mass is 503 g/mol. The van der Waals surface area contributed by atoms with Crippen molar-refractivity contribution < 1.29 is 24.2 Å². The lowest BCUT2D eigenvalue weighted by Gasteiger charge is -2.32. The summed E-state index contributed by atoms with van der Waals surface area (Å²) in [6.45, 7) is 5.69. The van der Waals surface area contributed by atoms with E-state index in [0.717, 1.165) is 5.56 Å². The minimum absolute atomic E-state index is 0.127. The van der Waals surface area contributed by atoms with Crippen molar-refractivity contribution in [1.29, 1.82) is 0 Å². The molecule has 0 aliphatic heterocycles. The van der Waals surface area contributed by atoms with Gasteiger partial charge in [-0.25, -0.2) is 4.79 Å². The van der Waals surface area contributed by atoms with Gasteiger partial charge in [-0.3, -0.25) is 10.1 Å². The molecule has 8 heteroatoms. The number of ether oxygens (including phenoxy) is 2. The largest absolute Gasteiger partial charge is 0.491 e. The van der Waals surface area contributed by atoms with Gasteiger partial charge in [0.25, 0.3) is 0 Å². The summed E-state index contributed by atoms with van der Waals surface area (Å²) in [5.74, 6) is 0.157. The minimum atomic E-state index is -0.806. The zero-order valence-electron chi connectivity index (χ0n) is 21.2. The van der Waals surface area contributed by atoms with E-state index >= 15 is 0 Å². The Morgan fingerprint density at radius 2 is 1.76 bits per heavy atom. The highest BCUT2D eigenvalue weighted by Crippen LogP contribution is 2.39. The maximum Gasteiger partial charge on any atom is 0.412 e. The highest BCUT2D eigenvalue weighted by atomic mass is 16.6. The number of rotatable bonds is 10. The van der Waals surface area contributed by atoms with Crippen molar-refractivity contribution in [3.8, 4) is 5.75 Å². The molecule has 0 aliphatic carbocycles. The molecule has 0 saturated carbocycles. The van der Waals surface area contributed by atoms with Crippen LogP contribution in [0.1, 0.15) is 31.1 Å². The smallest absolute Gasteiger partial charge is 0.412 e. The number of hydrogen-bond donors (Lipinski definition) is 4. The fourth-order valence-electron chi connectivity index (χ4n) is 3.63. The second kappa shape index (κ2) is 12.6. The molecule has 3 aromatic carbocycles. The van der Waals surface area contributed by atoms with Crippen LogP contribution < -0.4 is 21.1 Å². The number of carbonyl (C=O) groups is 2. The van der Waals surface area contributed by atoms with Crippen molar-refractivity contribution in [3.63, 3.8) is 0 Å². The Balaban J connectivity index is 1.84. The molecule has 0 unspecified atom stereocenters. The molecule has 8 nitrogen and oxygen atoms in total. The van der Waals surface area contributed by atoms with Crippen molar-refractivity contribution >= 4 is 29.1 Å². The summed E-state index contributed by atoms with van der Waals surface area (Å²) >= 11 is 0. The first-order valence-electron chi connectivity index (χ1n) is 11.9. The van der Waals surface area contributed by atoms with Gasteiger partial charge < -0.3 is 25.6 Å². The number of nitrogens with one attached hydrogen (secondary N) is 2. The Hall–Kier alpha value is -4.30. The van der Waals surface area contributed by atoms with Gasteiger partial charge in [-0.15, -0.1) is 0 Å². The molecule has 5 N–H and O–H groups in total. The van der Waals surface area contributed by atoms with Crippen LogP contribution in [-0.2, 0) is 9.53 Å². The Bertz CT molecular complexity index is 1240. The SMILES string of the molecule is Cc1ccc(NC(=O)O[C@H](c2cccc(OCCO)c2)C(C)(C)/C=C/C(=O)Nc2ccccc2N)cc1. The predicted molar refractivity (Wildman–Crippen MR) is 145 cm³/mol. The number of anilines is 3. The fourth-order valence-corrected chi connectivity index (χ4v) is 3.63. The van der Waals surface area contributed by atoms with Gasteiger partial charge >= 0.3 is 6.09 Å². The van der Waals surface area contributed by atoms with Crippen LogP contribution in [0, 0.1) is 12.3 Å². The molecule has 0 fully saturated rings. The van der Waals surface area contributed by atoms with Gasteiger partial charge in [-0.2, -0.15) is 0 Å². The van der Waals surface area contributed by atoms with Crippen LogP contribution in [0.3, 0.4) is 0 Å². The maximum absolute atomic E-state index is 12.9. The first-order chi connectivity index (χ1) is 17.7. The number of hydrogen-bond acceptors (Lipinski definition) is 6. The van der Waals surface area contributed by atoms with Gasteiger partial charge in [0.1, 0.15) is 18.5 Å². The second-order valence-corrected chi connectivity index (χ2v) is 9.15. The number of nitrogens with two attached hydrogens (primary N) is 1. The second-order valence-electron chi connectivity index (χ2n) is 9.15. The summed E-state index contributed by atoms with van der Waals surface area (Å²) in [6, 6.07) is 21.4. The molecule has 37 heavy (non-hydrogen) atoms. The maximum atomic E-state index is 12.9. The fraction of sp³-hybridized carbons (Fsp3) is 0.241. The Kier molecular flexibility index (Phi) is 9.29. The molecule has 0 spiro atoms. The third kappa shape index (κ3) is 8.12. The van der Waals surface area contributed by atoms with Crippen LogP contribution in [0.25, 0.3) is 0 Å². The van der Waals surface area contributed by atoms with Gasteiger partial charge in [0.15, 0.2) is 0 Å². The highest BCUT2D eigenvalue weighted by Gasteiger charge is 2.33. The molecule has 0 aromatic heterocycles. The lowest BCUT2D eigenvalue weighted by Crippen LogP contribution is -2.28. The first-order valence-corrected chi connectivity index (χ1v) is 11.9. The molecule has 2 amide bonds. The molecular weight excluding hydrogens is 470 g/mol. The van der Waals surface area contributed by atoms with Gasteiger partial charge in [-0.1, -0.05) is 61.9 Å². The molecular formula is C29H33N3O5. The summed E-state index contributed by atoms with van der Waals surface area (Å²) in [5, 5.41) is 14.6. The van der Waals surface area contributed by atoms with E-state index in [-0.39, 0.29) is 19.1 Å². The molecule has 0 aliphatic rings.